The topological polar surface area (TPSA) is 81.4 Å². The Morgan fingerprint density at radius 2 is 2.15 bits per heavy atom. The van der Waals surface area contributed by atoms with E-state index in [1.165, 1.54) is 6.20 Å². The van der Waals surface area contributed by atoms with Crippen LogP contribution < -0.4 is 4.74 Å². The highest BCUT2D eigenvalue weighted by atomic mass is 16.5. The lowest BCUT2D eigenvalue weighted by atomic mass is 9.95. The maximum atomic E-state index is 12.5. The van der Waals surface area contributed by atoms with E-state index in [4.69, 9.17) is 9.26 Å². The number of rotatable bonds is 4. The molecule has 1 aliphatic heterocycles. The van der Waals surface area contributed by atoms with Gasteiger partial charge in [-0.3, -0.25) is 9.78 Å². The van der Waals surface area contributed by atoms with Gasteiger partial charge in [-0.15, -0.1) is 0 Å². The van der Waals surface area contributed by atoms with Crippen LogP contribution in [0.4, 0.5) is 0 Å². The number of nitrogens with zero attached hydrogens (tertiary/aromatic N) is 4. The van der Waals surface area contributed by atoms with E-state index in [1.807, 2.05) is 31.2 Å². The molecule has 4 rings (SSSR count). The minimum atomic E-state index is -0.141. The van der Waals surface area contributed by atoms with Crippen LogP contribution in [0.25, 0.3) is 0 Å². The van der Waals surface area contributed by atoms with Crippen molar-refractivity contribution in [2.45, 2.75) is 25.7 Å². The van der Waals surface area contributed by atoms with E-state index in [9.17, 15) is 4.79 Å². The lowest BCUT2D eigenvalue weighted by Crippen LogP contribution is -2.39. The van der Waals surface area contributed by atoms with Crippen LogP contribution in [0.1, 0.15) is 40.6 Å². The summed E-state index contributed by atoms with van der Waals surface area (Å²) < 4.78 is 10.9. The highest BCUT2D eigenvalue weighted by Crippen LogP contribution is 2.29. The average molecular weight is 364 g/mol. The molecule has 0 saturated carbocycles. The van der Waals surface area contributed by atoms with Crippen molar-refractivity contribution in [3.63, 3.8) is 0 Å². The molecule has 1 saturated heterocycles. The van der Waals surface area contributed by atoms with Gasteiger partial charge in [0.05, 0.1) is 18.1 Å². The maximum Gasteiger partial charge on any atom is 0.292 e. The van der Waals surface area contributed by atoms with Crippen LogP contribution in [-0.4, -0.2) is 39.0 Å². The van der Waals surface area contributed by atoms with E-state index in [2.05, 4.69) is 15.1 Å². The summed E-state index contributed by atoms with van der Waals surface area (Å²) >= 11 is 0. The third-order valence-corrected chi connectivity index (χ3v) is 4.71. The minimum absolute atomic E-state index is 0.110. The summed E-state index contributed by atoms with van der Waals surface area (Å²) in [6.07, 6.45) is 6.68. The largest absolute Gasteiger partial charge is 0.437 e. The van der Waals surface area contributed by atoms with E-state index in [-0.39, 0.29) is 17.6 Å². The summed E-state index contributed by atoms with van der Waals surface area (Å²) in [4.78, 5) is 23.2. The second-order valence-corrected chi connectivity index (χ2v) is 6.62. The smallest absolute Gasteiger partial charge is 0.292 e. The number of carbonyl (C=O) groups is 1. The molecule has 1 aliphatic rings. The molecule has 27 heavy (non-hydrogen) atoms. The van der Waals surface area contributed by atoms with Crippen molar-refractivity contribution in [1.29, 1.82) is 0 Å². The molecule has 1 aromatic carbocycles. The zero-order valence-corrected chi connectivity index (χ0v) is 15.0. The number of likely N-dealkylation sites (tertiary alicyclic amines) is 1. The average Bonchev–Trinajstić information content (AvgIpc) is 3.24. The molecule has 1 amide bonds. The van der Waals surface area contributed by atoms with Crippen LogP contribution in [0.2, 0.25) is 0 Å². The number of para-hydroxylation sites is 1. The van der Waals surface area contributed by atoms with Gasteiger partial charge in [0.15, 0.2) is 0 Å². The first-order chi connectivity index (χ1) is 13.2. The Morgan fingerprint density at radius 1 is 1.26 bits per heavy atom. The van der Waals surface area contributed by atoms with Crippen molar-refractivity contribution in [3.8, 4) is 11.6 Å². The molecule has 138 valence electrons. The Balaban J connectivity index is 1.50. The Bertz CT molecular complexity index is 926. The van der Waals surface area contributed by atoms with Crippen LogP contribution in [0.3, 0.4) is 0 Å². The summed E-state index contributed by atoms with van der Waals surface area (Å²) in [5.41, 5.74) is 1.86. The maximum absolute atomic E-state index is 12.5. The molecule has 1 unspecified atom stereocenters. The Kier molecular flexibility index (Phi) is 4.82. The molecule has 7 nitrogen and oxygen atoms in total. The lowest BCUT2D eigenvalue weighted by molar-refractivity contribution is 0.0663. The van der Waals surface area contributed by atoms with Gasteiger partial charge in [0, 0.05) is 31.3 Å². The van der Waals surface area contributed by atoms with Gasteiger partial charge in [0.2, 0.25) is 11.6 Å². The Morgan fingerprint density at radius 3 is 2.96 bits per heavy atom. The number of hydrogen-bond donors (Lipinski definition) is 0. The lowest BCUT2D eigenvalue weighted by Gasteiger charge is -2.31. The van der Waals surface area contributed by atoms with Gasteiger partial charge in [0.25, 0.3) is 5.91 Å². The van der Waals surface area contributed by atoms with E-state index in [1.54, 1.807) is 23.4 Å². The third-order valence-electron chi connectivity index (χ3n) is 4.71. The van der Waals surface area contributed by atoms with Crippen LogP contribution in [0.15, 0.2) is 53.4 Å². The van der Waals surface area contributed by atoms with E-state index in [0.29, 0.717) is 19.0 Å². The van der Waals surface area contributed by atoms with E-state index < -0.39 is 0 Å². The summed E-state index contributed by atoms with van der Waals surface area (Å²) in [6.45, 7) is 3.26. The molecule has 0 spiro atoms. The molecule has 1 fully saturated rings. The van der Waals surface area contributed by atoms with Crippen molar-refractivity contribution in [3.05, 3.63) is 65.9 Å². The first-order valence-electron chi connectivity index (χ1n) is 8.96. The summed E-state index contributed by atoms with van der Waals surface area (Å²) in [5.74, 6) is 1.45. The van der Waals surface area contributed by atoms with Gasteiger partial charge in [-0.25, -0.2) is 4.98 Å². The normalized spacial score (nSPS) is 16.9. The Hall–Kier alpha value is -3.22. The zero-order valence-electron chi connectivity index (χ0n) is 15.0. The van der Waals surface area contributed by atoms with Crippen molar-refractivity contribution < 1.29 is 14.1 Å². The molecule has 3 heterocycles. The van der Waals surface area contributed by atoms with Crippen LogP contribution in [0.5, 0.6) is 11.6 Å². The van der Waals surface area contributed by atoms with Gasteiger partial charge >= 0.3 is 0 Å². The van der Waals surface area contributed by atoms with Gasteiger partial charge in [-0.2, -0.15) is 0 Å². The molecule has 0 N–H and O–H groups in total. The number of piperidine rings is 1. The summed E-state index contributed by atoms with van der Waals surface area (Å²) in [5, 5.41) is 3.61. The molecule has 2 aromatic heterocycles. The van der Waals surface area contributed by atoms with Crippen LogP contribution in [0, 0.1) is 6.92 Å². The molecule has 7 heteroatoms. The molecule has 1 atom stereocenters. The number of ether oxygens (including phenoxy) is 1. The summed E-state index contributed by atoms with van der Waals surface area (Å²) in [7, 11) is 0. The number of aromatic nitrogens is 3. The van der Waals surface area contributed by atoms with Gasteiger partial charge in [0.1, 0.15) is 5.75 Å². The Labute approximate surface area is 157 Å². The molecular weight excluding hydrogens is 344 g/mol. The van der Waals surface area contributed by atoms with Gasteiger partial charge < -0.3 is 14.2 Å². The minimum Gasteiger partial charge on any atom is -0.437 e. The standard InChI is InChI=1S/C20H20N4O3/c1-14-5-2-3-7-17(14)26-19-12-21-11-16(23-19)15-6-4-10-24(13-15)20(25)18-8-9-22-27-18/h2-3,5,7-9,11-12,15H,4,6,10,13H2,1H3. The SMILES string of the molecule is Cc1ccccc1Oc1cncc(C2CCCN(C(=O)c3ccno3)C2)n1. The van der Waals surface area contributed by atoms with Crippen molar-refractivity contribution in [2.24, 2.45) is 0 Å². The molecule has 3 aromatic rings. The second kappa shape index (κ2) is 7.57. The van der Waals surface area contributed by atoms with Gasteiger partial charge in [-0.1, -0.05) is 23.4 Å². The van der Waals surface area contributed by atoms with Gasteiger partial charge in [-0.05, 0) is 31.4 Å². The fourth-order valence-corrected chi connectivity index (χ4v) is 3.28. The number of aryl methyl sites for hydroxylation is 1. The van der Waals surface area contributed by atoms with Crippen molar-refractivity contribution in [1.82, 2.24) is 20.0 Å². The van der Waals surface area contributed by atoms with E-state index >= 15 is 0 Å². The quantitative estimate of drug-likeness (QED) is 0.704. The number of amides is 1. The predicted molar refractivity (Wildman–Crippen MR) is 97.7 cm³/mol. The molecular formula is C20H20N4O3. The first kappa shape index (κ1) is 17.2. The predicted octanol–water partition coefficient (Wildman–Crippen LogP) is 3.59. The fraction of sp³-hybridized carbons (Fsp3) is 0.300. The van der Waals surface area contributed by atoms with Crippen molar-refractivity contribution in [2.75, 3.05) is 13.1 Å². The molecule has 0 bridgehead atoms. The monoisotopic (exact) mass is 364 g/mol. The number of hydrogen-bond acceptors (Lipinski definition) is 6. The molecule has 0 radical (unpaired) electrons. The second-order valence-electron chi connectivity index (χ2n) is 6.62. The summed E-state index contributed by atoms with van der Waals surface area (Å²) in [6, 6.07) is 9.37. The third kappa shape index (κ3) is 3.81. The van der Waals surface area contributed by atoms with Crippen LogP contribution >= 0.6 is 0 Å². The first-order valence-corrected chi connectivity index (χ1v) is 8.96. The highest BCUT2D eigenvalue weighted by Gasteiger charge is 2.28. The fourth-order valence-electron chi connectivity index (χ4n) is 3.28. The van der Waals surface area contributed by atoms with Crippen LogP contribution in [-0.2, 0) is 0 Å². The molecule has 0 aliphatic carbocycles. The number of benzene rings is 1. The zero-order chi connectivity index (χ0) is 18.6. The highest BCUT2D eigenvalue weighted by molar-refractivity contribution is 5.91. The van der Waals surface area contributed by atoms with E-state index in [0.717, 1.165) is 29.8 Å². The number of carbonyl (C=O) groups excluding carboxylic acids is 1. The van der Waals surface area contributed by atoms with Crippen molar-refractivity contribution >= 4 is 5.91 Å².